The maximum absolute atomic E-state index is 12.3. The number of hydrogen-bond acceptors (Lipinski definition) is 2. The van der Waals surface area contributed by atoms with Crippen LogP contribution in [0.25, 0.3) is 22.3 Å². The number of carbonyl (C=O) groups is 1. The van der Waals surface area contributed by atoms with Gasteiger partial charge in [-0.2, -0.15) is 0 Å². The van der Waals surface area contributed by atoms with Crippen LogP contribution in [0.2, 0.25) is 0 Å². The van der Waals surface area contributed by atoms with Crippen molar-refractivity contribution < 1.29 is 9.53 Å². The Bertz CT molecular complexity index is 970. The average molecular weight is 357 g/mol. The van der Waals surface area contributed by atoms with E-state index in [1.54, 1.807) is 0 Å². The topological polar surface area (TPSA) is 31.2 Å². The summed E-state index contributed by atoms with van der Waals surface area (Å²) < 4.78 is 7.50. The number of esters is 1. The summed E-state index contributed by atoms with van der Waals surface area (Å²) in [4.78, 5) is 12.3. The Kier molecular flexibility index (Phi) is 4.68. The van der Waals surface area contributed by atoms with Crippen LogP contribution in [0.4, 0.5) is 0 Å². The van der Waals surface area contributed by atoms with Crippen LogP contribution in [0, 0.1) is 0 Å². The predicted molar refractivity (Wildman–Crippen MR) is 108 cm³/mol. The first kappa shape index (κ1) is 17.3. The molecular formula is C24H23NO2. The van der Waals surface area contributed by atoms with E-state index in [2.05, 4.69) is 65.9 Å². The lowest BCUT2D eigenvalue weighted by Gasteiger charge is -2.16. The second-order valence-corrected chi connectivity index (χ2v) is 6.82. The molecule has 1 atom stereocenters. The molecule has 2 heterocycles. The fourth-order valence-corrected chi connectivity index (χ4v) is 3.99. The van der Waals surface area contributed by atoms with Gasteiger partial charge in [-0.3, -0.25) is 0 Å². The maximum atomic E-state index is 12.3. The van der Waals surface area contributed by atoms with E-state index in [0.29, 0.717) is 12.2 Å². The van der Waals surface area contributed by atoms with E-state index in [0.717, 1.165) is 24.2 Å². The van der Waals surface area contributed by atoms with Crippen LogP contribution < -0.4 is 0 Å². The Labute approximate surface area is 159 Å². The number of nitrogens with zero attached hydrogens (tertiary/aromatic N) is 1. The molecule has 1 aliphatic heterocycles. The van der Waals surface area contributed by atoms with Crippen LogP contribution >= 0.6 is 0 Å². The van der Waals surface area contributed by atoms with Crippen LogP contribution in [0.5, 0.6) is 0 Å². The van der Waals surface area contributed by atoms with Gasteiger partial charge in [-0.25, -0.2) is 4.79 Å². The smallest absolute Gasteiger partial charge is 0.334 e. The molecule has 0 fully saturated rings. The van der Waals surface area contributed by atoms with Crippen LogP contribution in [0.15, 0.2) is 79.0 Å². The lowest BCUT2D eigenvalue weighted by molar-refractivity contribution is -0.138. The summed E-state index contributed by atoms with van der Waals surface area (Å²) in [5, 5.41) is 0. The Hall–Kier alpha value is -3.07. The number of hydrogen-bond donors (Lipinski definition) is 0. The molecule has 3 aromatic rings. The van der Waals surface area contributed by atoms with Gasteiger partial charge in [0.05, 0.1) is 6.61 Å². The van der Waals surface area contributed by atoms with E-state index in [4.69, 9.17) is 4.74 Å². The first-order valence-electron chi connectivity index (χ1n) is 9.40. The van der Waals surface area contributed by atoms with Gasteiger partial charge in [-0.15, -0.1) is 0 Å². The number of ether oxygens (including phenoxy) is 1. The van der Waals surface area contributed by atoms with E-state index in [1.165, 1.54) is 16.7 Å². The van der Waals surface area contributed by atoms with Gasteiger partial charge < -0.3 is 9.30 Å². The zero-order valence-corrected chi connectivity index (χ0v) is 15.5. The summed E-state index contributed by atoms with van der Waals surface area (Å²) >= 11 is 0. The van der Waals surface area contributed by atoms with Crippen molar-refractivity contribution in [1.82, 2.24) is 4.57 Å². The van der Waals surface area contributed by atoms with Gasteiger partial charge in [-0.1, -0.05) is 67.2 Å². The summed E-state index contributed by atoms with van der Waals surface area (Å²) in [6.45, 7) is 7.16. The number of fused-ring (bicyclic) bond motifs is 1. The highest BCUT2D eigenvalue weighted by Crippen LogP contribution is 2.46. The molecule has 3 nitrogen and oxygen atoms in total. The molecule has 2 aromatic carbocycles. The summed E-state index contributed by atoms with van der Waals surface area (Å²) in [6.07, 6.45) is 3.09. The monoisotopic (exact) mass is 357 g/mol. The molecule has 0 aliphatic carbocycles. The number of aromatic nitrogens is 1. The van der Waals surface area contributed by atoms with E-state index in [1.807, 2.05) is 19.1 Å². The van der Waals surface area contributed by atoms with Gasteiger partial charge >= 0.3 is 5.97 Å². The molecule has 0 spiro atoms. The third-order valence-electron chi connectivity index (χ3n) is 5.21. The molecule has 136 valence electrons. The molecule has 0 saturated heterocycles. The SMILES string of the molecule is C=C(C(=O)OCC)C1CCn2cc(-c3ccccc3)c(-c3ccccc3)c21. The van der Waals surface area contributed by atoms with Crippen molar-refractivity contribution in [2.75, 3.05) is 6.61 Å². The van der Waals surface area contributed by atoms with Crippen molar-refractivity contribution >= 4 is 5.97 Å². The fourth-order valence-electron chi connectivity index (χ4n) is 3.99. The second kappa shape index (κ2) is 7.28. The Balaban J connectivity index is 1.87. The molecular weight excluding hydrogens is 334 g/mol. The number of carbonyl (C=O) groups excluding carboxylic acids is 1. The third kappa shape index (κ3) is 3.10. The average Bonchev–Trinajstić information content (AvgIpc) is 3.28. The molecule has 1 aliphatic rings. The number of aryl methyl sites for hydroxylation is 1. The first-order valence-corrected chi connectivity index (χ1v) is 9.40. The highest BCUT2D eigenvalue weighted by Gasteiger charge is 2.33. The normalized spacial score (nSPS) is 15.4. The molecule has 0 N–H and O–H groups in total. The van der Waals surface area contributed by atoms with Gasteiger partial charge in [0.2, 0.25) is 0 Å². The van der Waals surface area contributed by atoms with Gasteiger partial charge in [0.25, 0.3) is 0 Å². The highest BCUT2D eigenvalue weighted by atomic mass is 16.5. The van der Waals surface area contributed by atoms with Crippen LogP contribution in [0.1, 0.15) is 25.0 Å². The minimum Gasteiger partial charge on any atom is -0.463 e. The molecule has 0 saturated carbocycles. The number of benzene rings is 2. The standard InChI is InChI=1S/C24H23NO2/c1-3-27-24(26)17(2)20-14-15-25-16-21(18-10-6-4-7-11-18)22(23(20)25)19-12-8-5-9-13-19/h4-13,16,20H,2-3,14-15H2,1H3. The summed E-state index contributed by atoms with van der Waals surface area (Å²) in [5.41, 5.74) is 6.43. The Morgan fingerprint density at radius 2 is 1.70 bits per heavy atom. The van der Waals surface area contributed by atoms with E-state index in [9.17, 15) is 4.79 Å². The summed E-state index contributed by atoms with van der Waals surface area (Å²) in [5.74, 6) is -0.311. The Morgan fingerprint density at radius 3 is 2.33 bits per heavy atom. The van der Waals surface area contributed by atoms with Crippen molar-refractivity contribution in [3.63, 3.8) is 0 Å². The second-order valence-electron chi connectivity index (χ2n) is 6.82. The fraction of sp³-hybridized carbons (Fsp3) is 0.208. The van der Waals surface area contributed by atoms with Crippen LogP contribution in [0.3, 0.4) is 0 Å². The Morgan fingerprint density at radius 1 is 1.07 bits per heavy atom. The van der Waals surface area contributed by atoms with Crippen LogP contribution in [-0.2, 0) is 16.1 Å². The zero-order chi connectivity index (χ0) is 18.8. The van der Waals surface area contributed by atoms with Crippen molar-refractivity contribution in [3.8, 4) is 22.3 Å². The van der Waals surface area contributed by atoms with E-state index < -0.39 is 0 Å². The summed E-state index contributed by atoms with van der Waals surface area (Å²) in [6, 6.07) is 20.8. The third-order valence-corrected chi connectivity index (χ3v) is 5.21. The number of rotatable bonds is 5. The van der Waals surface area contributed by atoms with Gasteiger partial charge in [0.15, 0.2) is 0 Å². The largest absolute Gasteiger partial charge is 0.463 e. The molecule has 0 bridgehead atoms. The molecule has 0 radical (unpaired) electrons. The minimum atomic E-state index is -0.294. The molecule has 27 heavy (non-hydrogen) atoms. The van der Waals surface area contributed by atoms with Crippen molar-refractivity contribution in [2.45, 2.75) is 25.8 Å². The van der Waals surface area contributed by atoms with E-state index in [-0.39, 0.29) is 11.9 Å². The maximum Gasteiger partial charge on any atom is 0.334 e. The lowest BCUT2D eigenvalue weighted by atomic mass is 9.88. The zero-order valence-electron chi connectivity index (χ0n) is 15.5. The quantitative estimate of drug-likeness (QED) is 0.450. The van der Waals surface area contributed by atoms with Gasteiger partial charge in [-0.05, 0) is 24.5 Å². The molecule has 0 amide bonds. The first-order chi connectivity index (χ1) is 13.2. The van der Waals surface area contributed by atoms with Crippen molar-refractivity contribution in [2.24, 2.45) is 0 Å². The summed E-state index contributed by atoms with van der Waals surface area (Å²) in [7, 11) is 0. The van der Waals surface area contributed by atoms with Gasteiger partial charge in [0, 0.05) is 41.1 Å². The molecule has 4 rings (SSSR count). The highest BCUT2D eigenvalue weighted by molar-refractivity contribution is 5.92. The van der Waals surface area contributed by atoms with Crippen molar-refractivity contribution in [1.29, 1.82) is 0 Å². The molecule has 1 unspecified atom stereocenters. The van der Waals surface area contributed by atoms with Crippen LogP contribution in [-0.4, -0.2) is 17.1 Å². The molecule has 3 heteroatoms. The minimum absolute atomic E-state index is 0.0169. The predicted octanol–water partition coefficient (Wildman–Crippen LogP) is 5.43. The van der Waals surface area contributed by atoms with E-state index >= 15 is 0 Å². The van der Waals surface area contributed by atoms with Gasteiger partial charge in [0.1, 0.15) is 0 Å². The van der Waals surface area contributed by atoms with Crippen molar-refractivity contribution in [3.05, 3.63) is 84.7 Å². The molecule has 1 aromatic heterocycles. The lowest BCUT2D eigenvalue weighted by Crippen LogP contribution is -2.13.